The lowest BCUT2D eigenvalue weighted by Crippen LogP contribution is -2.38. The fraction of sp³-hybridized carbons (Fsp3) is 0.455. The fourth-order valence-electron chi connectivity index (χ4n) is 1.36. The van der Waals surface area contributed by atoms with E-state index in [2.05, 4.69) is 0 Å². The first-order chi connectivity index (χ1) is 8.06. The number of carbonyl (C=O) groups excluding carboxylic acids is 1. The van der Waals surface area contributed by atoms with Crippen molar-refractivity contribution in [2.75, 3.05) is 19.7 Å². The maximum absolute atomic E-state index is 11.9. The molecule has 0 aliphatic carbocycles. The third-order valence-corrected chi connectivity index (χ3v) is 2.30. The number of aliphatic hydroxyl groups is 1. The van der Waals surface area contributed by atoms with Crippen molar-refractivity contribution >= 4 is 11.9 Å². The molecule has 17 heavy (non-hydrogen) atoms. The molecule has 6 heteroatoms. The summed E-state index contributed by atoms with van der Waals surface area (Å²) in [5, 5.41) is 17.7. The molecule has 6 nitrogen and oxygen atoms in total. The molecule has 0 fully saturated rings. The third-order valence-electron chi connectivity index (χ3n) is 2.30. The Bertz CT molecular complexity index is 373. The predicted octanol–water partition coefficient (Wildman–Crippen LogP) is 0.435. The molecule has 1 rings (SSSR count). The second-order valence-electron chi connectivity index (χ2n) is 3.69. The number of aliphatic carboxylic acids is 1. The van der Waals surface area contributed by atoms with E-state index in [9.17, 15) is 9.59 Å². The van der Waals surface area contributed by atoms with Crippen LogP contribution in [-0.4, -0.2) is 46.7 Å². The highest BCUT2D eigenvalue weighted by Crippen LogP contribution is 2.08. The van der Waals surface area contributed by atoms with E-state index in [1.165, 1.54) is 24.2 Å². The van der Waals surface area contributed by atoms with Crippen molar-refractivity contribution in [3.05, 3.63) is 24.2 Å². The van der Waals surface area contributed by atoms with Gasteiger partial charge < -0.3 is 19.5 Å². The molecule has 0 bridgehead atoms. The first-order valence-corrected chi connectivity index (χ1v) is 5.22. The Labute approximate surface area is 98.5 Å². The Morgan fingerprint density at radius 3 is 2.71 bits per heavy atom. The van der Waals surface area contributed by atoms with Crippen LogP contribution in [0.4, 0.5) is 0 Å². The molecule has 0 saturated heterocycles. The van der Waals surface area contributed by atoms with Gasteiger partial charge in [0, 0.05) is 13.1 Å². The second-order valence-corrected chi connectivity index (χ2v) is 3.69. The van der Waals surface area contributed by atoms with Crippen LogP contribution in [0.3, 0.4) is 0 Å². The molecule has 94 valence electrons. The first-order valence-electron chi connectivity index (χ1n) is 5.22. The summed E-state index contributed by atoms with van der Waals surface area (Å²) in [7, 11) is 0. The summed E-state index contributed by atoms with van der Waals surface area (Å²) < 4.78 is 4.94. The van der Waals surface area contributed by atoms with E-state index < -0.39 is 17.8 Å². The van der Waals surface area contributed by atoms with Crippen LogP contribution in [0.1, 0.15) is 17.5 Å². The molecule has 2 N–H and O–H groups in total. The SMILES string of the molecule is CC(CN(CCO)C(=O)c1ccco1)C(=O)O. The molecule has 1 unspecified atom stereocenters. The van der Waals surface area contributed by atoms with Gasteiger partial charge in [0.2, 0.25) is 0 Å². The van der Waals surface area contributed by atoms with Crippen molar-refractivity contribution in [1.29, 1.82) is 0 Å². The van der Waals surface area contributed by atoms with Gasteiger partial charge in [0.1, 0.15) is 0 Å². The summed E-state index contributed by atoms with van der Waals surface area (Å²) in [5.41, 5.74) is 0. The van der Waals surface area contributed by atoms with Crippen LogP contribution in [0.25, 0.3) is 0 Å². The van der Waals surface area contributed by atoms with Crippen LogP contribution in [-0.2, 0) is 4.79 Å². The van der Waals surface area contributed by atoms with Gasteiger partial charge in [0.05, 0.1) is 18.8 Å². The number of carboxylic acid groups (broad SMARTS) is 1. The van der Waals surface area contributed by atoms with E-state index in [0.717, 1.165) is 0 Å². The van der Waals surface area contributed by atoms with Gasteiger partial charge >= 0.3 is 5.97 Å². The molecule has 1 atom stereocenters. The van der Waals surface area contributed by atoms with Gasteiger partial charge in [-0.2, -0.15) is 0 Å². The van der Waals surface area contributed by atoms with Gasteiger partial charge in [0.15, 0.2) is 5.76 Å². The number of carbonyl (C=O) groups is 2. The summed E-state index contributed by atoms with van der Waals surface area (Å²) in [6.07, 6.45) is 1.37. The quantitative estimate of drug-likeness (QED) is 0.753. The average Bonchev–Trinajstić information content (AvgIpc) is 2.80. The maximum atomic E-state index is 11.9. The first kappa shape index (κ1) is 13.2. The van der Waals surface area contributed by atoms with Crippen molar-refractivity contribution in [2.45, 2.75) is 6.92 Å². The lowest BCUT2D eigenvalue weighted by molar-refractivity contribution is -0.141. The Morgan fingerprint density at radius 1 is 1.53 bits per heavy atom. The zero-order valence-corrected chi connectivity index (χ0v) is 9.50. The molecule has 1 aromatic heterocycles. The van der Waals surface area contributed by atoms with Crippen molar-refractivity contribution in [3.8, 4) is 0 Å². The van der Waals surface area contributed by atoms with Crippen LogP contribution >= 0.6 is 0 Å². The molecule has 0 aliphatic heterocycles. The van der Waals surface area contributed by atoms with Gasteiger partial charge in [-0.15, -0.1) is 0 Å². The van der Waals surface area contributed by atoms with Crippen LogP contribution in [0.15, 0.2) is 22.8 Å². The summed E-state index contributed by atoms with van der Waals surface area (Å²) in [6, 6.07) is 3.07. The summed E-state index contributed by atoms with van der Waals surface area (Å²) >= 11 is 0. The molecular formula is C11H15NO5. The zero-order valence-electron chi connectivity index (χ0n) is 9.50. The van der Waals surface area contributed by atoms with Crippen LogP contribution in [0, 0.1) is 5.92 Å². The molecule has 0 saturated carbocycles. The molecule has 0 spiro atoms. The van der Waals surface area contributed by atoms with Crippen LogP contribution in [0.2, 0.25) is 0 Å². The molecule has 0 aromatic carbocycles. The van der Waals surface area contributed by atoms with E-state index >= 15 is 0 Å². The van der Waals surface area contributed by atoms with Crippen LogP contribution in [0.5, 0.6) is 0 Å². The average molecular weight is 241 g/mol. The van der Waals surface area contributed by atoms with Crippen molar-refractivity contribution in [3.63, 3.8) is 0 Å². The van der Waals surface area contributed by atoms with Crippen molar-refractivity contribution < 1.29 is 24.2 Å². The smallest absolute Gasteiger partial charge is 0.308 e. The van der Waals surface area contributed by atoms with Gasteiger partial charge in [-0.1, -0.05) is 6.92 Å². The maximum Gasteiger partial charge on any atom is 0.308 e. The van der Waals surface area contributed by atoms with Gasteiger partial charge in [-0.05, 0) is 12.1 Å². The molecule has 1 aromatic rings. The Kier molecular flexibility index (Phi) is 4.71. The van der Waals surface area contributed by atoms with E-state index in [1.807, 2.05) is 0 Å². The monoisotopic (exact) mass is 241 g/mol. The number of amides is 1. The van der Waals surface area contributed by atoms with E-state index in [0.29, 0.717) is 0 Å². The van der Waals surface area contributed by atoms with Gasteiger partial charge in [0.25, 0.3) is 5.91 Å². The topological polar surface area (TPSA) is 91.0 Å². The molecule has 0 aliphatic rings. The van der Waals surface area contributed by atoms with Gasteiger partial charge in [-0.25, -0.2) is 0 Å². The Balaban J connectivity index is 2.72. The lowest BCUT2D eigenvalue weighted by atomic mass is 10.1. The predicted molar refractivity (Wildman–Crippen MR) is 58.5 cm³/mol. The van der Waals surface area contributed by atoms with E-state index in [4.69, 9.17) is 14.6 Å². The fourth-order valence-corrected chi connectivity index (χ4v) is 1.36. The Hall–Kier alpha value is -1.82. The minimum atomic E-state index is -0.986. The molecule has 0 radical (unpaired) electrons. The second kappa shape index (κ2) is 6.05. The highest BCUT2D eigenvalue weighted by Gasteiger charge is 2.22. The number of furan rings is 1. The standard InChI is InChI=1S/C11H15NO5/c1-8(11(15)16)7-12(4-5-13)10(14)9-3-2-6-17-9/h2-3,6,8,13H,4-5,7H2,1H3,(H,15,16). The molecular weight excluding hydrogens is 226 g/mol. The number of rotatable bonds is 6. The largest absolute Gasteiger partial charge is 0.481 e. The lowest BCUT2D eigenvalue weighted by Gasteiger charge is -2.22. The van der Waals surface area contributed by atoms with Crippen molar-refractivity contribution in [2.24, 2.45) is 5.92 Å². The number of nitrogens with zero attached hydrogens (tertiary/aromatic N) is 1. The van der Waals surface area contributed by atoms with Crippen LogP contribution < -0.4 is 0 Å². The number of aliphatic hydroxyl groups excluding tert-OH is 1. The minimum absolute atomic E-state index is 0.0371. The van der Waals surface area contributed by atoms with E-state index in [-0.39, 0.29) is 25.5 Å². The van der Waals surface area contributed by atoms with E-state index in [1.54, 1.807) is 6.07 Å². The minimum Gasteiger partial charge on any atom is -0.481 e. The Morgan fingerprint density at radius 2 is 2.24 bits per heavy atom. The zero-order chi connectivity index (χ0) is 12.8. The third kappa shape index (κ3) is 3.60. The summed E-state index contributed by atoms with van der Waals surface area (Å²) in [5.74, 6) is -1.96. The number of hydrogen-bond donors (Lipinski definition) is 2. The number of hydrogen-bond acceptors (Lipinski definition) is 4. The highest BCUT2D eigenvalue weighted by atomic mass is 16.4. The van der Waals surface area contributed by atoms with Gasteiger partial charge in [-0.3, -0.25) is 9.59 Å². The summed E-state index contributed by atoms with van der Waals surface area (Å²) in [4.78, 5) is 23.9. The molecule has 1 amide bonds. The van der Waals surface area contributed by atoms with Crippen molar-refractivity contribution in [1.82, 2.24) is 4.90 Å². The molecule has 1 heterocycles. The summed E-state index contributed by atoms with van der Waals surface area (Å²) in [6.45, 7) is 1.40. The highest BCUT2D eigenvalue weighted by molar-refractivity contribution is 5.91. The number of carboxylic acids is 1. The normalized spacial score (nSPS) is 12.1.